The van der Waals surface area contributed by atoms with Crippen molar-refractivity contribution in [3.05, 3.63) is 63.5 Å². The van der Waals surface area contributed by atoms with Crippen molar-refractivity contribution in [1.29, 1.82) is 0 Å². The Morgan fingerprint density at radius 2 is 2.05 bits per heavy atom. The van der Waals surface area contributed by atoms with Crippen LogP contribution in [0.25, 0.3) is 6.08 Å². The summed E-state index contributed by atoms with van der Waals surface area (Å²) >= 11 is 1.56. The van der Waals surface area contributed by atoms with E-state index in [4.69, 9.17) is 4.74 Å². The van der Waals surface area contributed by atoms with Gasteiger partial charge in [0.25, 0.3) is 0 Å². The molecule has 0 unspecified atom stereocenters. The van der Waals surface area contributed by atoms with Gasteiger partial charge in [-0.05, 0) is 48.1 Å². The van der Waals surface area contributed by atoms with Crippen molar-refractivity contribution in [1.82, 2.24) is 0 Å². The molecule has 0 radical (unpaired) electrons. The number of rotatable bonds is 5. The number of aryl methyl sites for hydroxylation is 1. The standard InChI is InChI=1S/C18H17NO2S/c1-2-3-5-13-7-9-14(10-8-13)17-19-16(18(20)21-17)12-15-6-4-11-22-15/h4,6-12H,2-3,5H2,1H3. The quantitative estimate of drug-likeness (QED) is 0.605. The number of benzene rings is 1. The molecule has 1 aromatic heterocycles. The Bertz CT molecular complexity index is 712. The summed E-state index contributed by atoms with van der Waals surface area (Å²) < 4.78 is 5.28. The Kier molecular flexibility index (Phi) is 4.49. The molecule has 3 nitrogen and oxygen atoms in total. The minimum atomic E-state index is -0.390. The lowest BCUT2D eigenvalue weighted by Crippen LogP contribution is -2.05. The normalized spacial score (nSPS) is 16.0. The van der Waals surface area contributed by atoms with Gasteiger partial charge < -0.3 is 4.74 Å². The Labute approximate surface area is 134 Å². The van der Waals surface area contributed by atoms with Crippen LogP contribution in [0.4, 0.5) is 0 Å². The third-order valence-electron chi connectivity index (χ3n) is 3.46. The fourth-order valence-corrected chi connectivity index (χ4v) is 2.89. The maximum atomic E-state index is 11.9. The van der Waals surface area contributed by atoms with E-state index >= 15 is 0 Å². The van der Waals surface area contributed by atoms with Crippen molar-refractivity contribution >= 4 is 29.3 Å². The molecule has 0 amide bonds. The van der Waals surface area contributed by atoms with E-state index in [1.807, 2.05) is 29.6 Å². The summed E-state index contributed by atoms with van der Waals surface area (Å²) in [5.41, 5.74) is 2.49. The SMILES string of the molecule is CCCCc1ccc(C2=NC(=Cc3cccs3)C(=O)O2)cc1. The van der Waals surface area contributed by atoms with Crippen molar-refractivity contribution in [3.8, 4) is 0 Å². The number of esters is 1. The van der Waals surface area contributed by atoms with Gasteiger partial charge in [0.05, 0.1) is 0 Å². The highest BCUT2D eigenvalue weighted by atomic mass is 32.1. The van der Waals surface area contributed by atoms with Crippen molar-refractivity contribution in [3.63, 3.8) is 0 Å². The third kappa shape index (κ3) is 3.34. The molecule has 0 N–H and O–H groups in total. The number of hydrogen-bond acceptors (Lipinski definition) is 4. The number of nitrogens with zero attached hydrogens (tertiary/aromatic N) is 1. The molecule has 0 aliphatic carbocycles. The van der Waals surface area contributed by atoms with Crippen LogP contribution in [-0.2, 0) is 16.0 Å². The van der Waals surface area contributed by atoms with Crippen molar-refractivity contribution in [2.24, 2.45) is 4.99 Å². The zero-order valence-corrected chi connectivity index (χ0v) is 13.2. The lowest BCUT2D eigenvalue weighted by atomic mass is 10.1. The Balaban J connectivity index is 1.79. The topological polar surface area (TPSA) is 38.7 Å². The maximum absolute atomic E-state index is 11.9. The first kappa shape index (κ1) is 14.7. The summed E-state index contributed by atoms with van der Waals surface area (Å²) in [5, 5.41) is 1.96. The largest absolute Gasteiger partial charge is 0.402 e. The predicted octanol–water partition coefficient (Wildman–Crippen LogP) is 4.44. The molecule has 3 rings (SSSR count). The number of aliphatic imine (C=N–C) groups is 1. The van der Waals surface area contributed by atoms with E-state index in [0.29, 0.717) is 11.6 Å². The van der Waals surface area contributed by atoms with Crippen LogP contribution in [0.5, 0.6) is 0 Å². The number of carbonyl (C=O) groups is 1. The highest BCUT2D eigenvalue weighted by molar-refractivity contribution is 7.10. The van der Waals surface area contributed by atoms with Gasteiger partial charge in [-0.15, -0.1) is 11.3 Å². The molecule has 2 aromatic rings. The van der Waals surface area contributed by atoms with Crippen LogP contribution in [0.15, 0.2) is 52.5 Å². The first-order valence-electron chi connectivity index (χ1n) is 7.41. The Hall–Kier alpha value is -2.20. The van der Waals surface area contributed by atoms with Crippen molar-refractivity contribution in [2.45, 2.75) is 26.2 Å². The molecule has 1 aromatic carbocycles. The summed E-state index contributed by atoms with van der Waals surface area (Å²) in [4.78, 5) is 17.2. The highest BCUT2D eigenvalue weighted by Crippen LogP contribution is 2.21. The average Bonchev–Trinajstić information content (AvgIpc) is 3.17. The summed E-state index contributed by atoms with van der Waals surface area (Å²) in [6.07, 6.45) is 5.20. The molecule has 0 atom stereocenters. The van der Waals surface area contributed by atoms with E-state index in [0.717, 1.165) is 16.9 Å². The van der Waals surface area contributed by atoms with E-state index < -0.39 is 5.97 Å². The highest BCUT2D eigenvalue weighted by Gasteiger charge is 2.24. The van der Waals surface area contributed by atoms with E-state index in [-0.39, 0.29) is 0 Å². The molecule has 0 saturated heterocycles. The first-order valence-corrected chi connectivity index (χ1v) is 8.29. The average molecular weight is 311 g/mol. The minimum absolute atomic E-state index is 0.354. The van der Waals surface area contributed by atoms with Crippen LogP contribution in [0.1, 0.15) is 35.8 Å². The van der Waals surface area contributed by atoms with Crippen LogP contribution in [0, 0.1) is 0 Å². The minimum Gasteiger partial charge on any atom is -0.402 e. The van der Waals surface area contributed by atoms with Crippen molar-refractivity contribution < 1.29 is 9.53 Å². The van der Waals surface area contributed by atoms with Gasteiger partial charge in [-0.2, -0.15) is 0 Å². The zero-order valence-electron chi connectivity index (χ0n) is 12.4. The zero-order chi connectivity index (χ0) is 15.4. The number of carbonyl (C=O) groups excluding carboxylic acids is 1. The summed E-state index contributed by atoms with van der Waals surface area (Å²) in [6, 6.07) is 12.0. The monoisotopic (exact) mass is 311 g/mol. The number of cyclic esters (lactones) is 1. The molecule has 2 heterocycles. The lowest BCUT2D eigenvalue weighted by molar-refractivity contribution is -0.129. The second-order valence-corrected chi connectivity index (χ2v) is 6.13. The van der Waals surface area contributed by atoms with Crippen LogP contribution in [0.3, 0.4) is 0 Å². The molecule has 1 aliphatic rings. The van der Waals surface area contributed by atoms with Crippen LogP contribution >= 0.6 is 11.3 Å². The molecule has 112 valence electrons. The van der Waals surface area contributed by atoms with E-state index in [9.17, 15) is 4.79 Å². The molecule has 0 spiro atoms. The molecule has 22 heavy (non-hydrogen) atoms. The fraction of sp³-hybridized carbons (Fsp3) is 0.222. The Morgan fingerprint density at radius 1 is 1.23 bits per heavy atom. The number of unbranched alkanes of at least 4 members (excludes halogenated alkanes) is 1. The van der Waals surface area contributed by atoms with Gasteiger partial charge in [-0.3, -0.25) is 0 Å². The van der Waals surface area contributed by atoms with Gasteiger partial charge in [0, 0.05) is 10.4 Å². The van der Waals surface area contributed by atoms with E-state index in [1.165, 1.54) is 18.4 Å². The smallest absolute Gasteiger partial charge is 0.363 e. The van der Waals surface area contributed by atoms with Gasteiger partial charge in [0.1, 0.15) is 0 Å². The molecular weight excluding hydrogens is 294 g/mol. The van der Waals surface area contributed by atoms with Crippen LogP contribution in [0.2, 0.25) is 0 Å². The number of ether oxygens (including phenoxy) is 1. The Morgan fingerprint density at radius 3 is 2.73 bits per heavy atom. The van der Waals surface area contributed by atoms with Gasteiger partial charge in [0.2, 0.25) is 5.90 Å². The molecule has 4 heteroatoms. The maximum Gasteiger partial charge on any atom is 0.363 e. The third-order valence-corrected chi connectivity index (χ3v) is 4.28. The molecule has 0 saturated carbocycles. The predicted molar refractivity (Wildman–Crippen MR) is 90.0 cm³/mol. The van der Waals surface area contributed by atoms with Gasteiger partial charge in [-0.1, -0.05) is 31.5 Å². The van der Waals surface area contributed by atoms with Crippen LogP contribution < -0.4 is 0 Å². The number of hydrogen-bond donors (Lipinski definition) is 0. The van der Waals surface area contributed by atoms with Gasteiger partial charge in [-0.25, -0.2) is 9.79 Å². The first-order chi connectivity index (χ1) is 10.8. The number of thiophene rings is 1. The lowest BCUT2D eigenvalue weighted by Gasteiger charge is -2.02. The molecule has 0 bridgehead atoms. The van der Waals surface area contributed by atoms with Gasteiger partial charge in [0.15, 0.2) is 5.70 Å². The fourth-order valence-electron chi connectivity index (χ4n) is 2.24. The second-order valence-electron chi connectivity index (χ2n) is 5.15. The molecule has 1 aliphatic heterocycles. The summed E-state index contributed by atoms with van der Waals surface area (Å²) in [5.74, 6) is -0.00620. The van der Waals surface area contributed by atoms with Crippen LogP contribution in [-0.4, -0.2) is 11.9 Å². The molecule has 0 fully saturated rings. The van der Waals surface area contributed by atoms with Gasteiger partial charge >= 0.3 is 5.97 Å². The van der Waals surface area contributed by atoms with E-state index in [1.54, 1.807) is 17.4 Å². The van der Waals surface area contributed by atoms with Crippen molar-refractivity contribution in [2.75, 3.05) is 0 Å². The molecular formula is C18H17NO2S. The van der Waals surface area contributed by atoms with E-state index in [2.05, 4.69) is 24.0 Å². The summed E-state index contributed by atoms with van der Waals surface area (Å²) in [7, 11) is 0. The summed E-state index contributed by atoms with van der Waals surface area (Å²) in [6.45, 7) is 2.18. The second kappa shape index (κ2) is 6.71.